The lowest BCUT2D eigenvalue weighted by atomic mass is 9.69. The Morgan fingerprint density at radius 1 is 1.35 bits per heavy atom. The van der Waals surface area contributed by atoms with Gasteiger partial charge in [0.15, 0.2) is 0 Å². The summed E-state index contributed by atoms with van der Waals surface area (Å²) in [5.74, 6) is 1.79. The maximum absolute atomic E-state index is 12.0. The van der Waals surface area contributed by atoms with E-state index in [-0.39, 0.29) is 11.9 Å². The van der Waals surface area contributed by atoms with Crippen molar-refractivity contribution >= 4 is 17.7 Å². The van der Waals surface area contributed by atoms with Crippen molar-refractivity contribution in [2.75, 3.05) is 12.0 Å². The zero-order valence-electron chi connectivity index (χ0n) is 13.6. The van der Waals surface area contributed by atoms with Gasteiger partial charge >= 0.3 is 0 Å². The van der Waals surface area contributed by atoms with Crippen LogP contribution in [0.15, 0.2) is 0 Å². The third-order valence-corrected chi connectivity index (χ3v) is 5.70. The summed E-state index contributed by atoms with van der Waals surface area (Å²) in [6.45, 7) is 7.02. The van der Waals surface area contributed by atoms with E-state index in [2.05, 4.69) is 26.1 Å². The summed E-state index contributed by atoms with van der Waals surface area (Å²) < 4.78 is 0. The Balaban J connectivity index is 2.33. The van der Waals surface area contributed by atoms with E-state index in [0.717, 1.165) is 30.9 Å². The molecule has 1 saturated carbocycles. The molecule has 0 aliphatic heterocycles. The van der Waals surface area contributed by atoms with Crippen LogP contribution in [0.1, 0.15) is 59.3 Å². The Morgan fingerprint density at radius 2 is 1.95 bits per heavy atom. The fraction of sp³-hybridized carbons (Fsp3) is 0.938. The molecule has 0 saturated heterocycles. The highest BCUT2D eigenvalue weighted by molar-refractivity contribution is 7.98. The Kier molecular flexibility index (Phi) is 7.38. The molecular formula is C16H32N2OS. The zero-order valence-corrected chi connectivity index (χ0v) is 14.4. The third kappa shape index (κ3) is 5.28. The van der Waals surface area contributed by atoms with E-state index in [9.17, 15) is 4.79 Å². The summed E-state index contributed by atoms with van der Waals surface area (Å²) >= 11 is 1.74. The van der Waals surface area contributed by atoms with Gasteiger partial charge in [0.25, 0.3) is 0 Å². The molecule has 3 nitrogen and oxygen atoms in total. The molecular weight excluding hydrogens is 268 g/mol. The molecule has 0 spiro atoms. The summed E-state index contributed by atoms with van der Waals surface area (Å²) in [4.78, 5) is 12.0. The number of rotatable bonds is 7. The quantitative estimate of drug-likeness (QED) is 0.759. The highest BCUT2D eigenvalue weighted by Gasteiger charge is 2.32. The lowest BCUT2D eigenvalue weighted by Crippen LogP contribution is -2.47. The second kappa shape index (κ2) is 8.28. The number of hydrogen-bond donors (Lipinski definition) is 2. The van der Waals surface area contributed by atoms with Crippen molar-refractivity contribution in [1.29, 1.82) is 0 Å². The van der Waals surface area contributed by atoms with Crippen LogP contribution in [0, 0.1) is 11.3 Å². The Morgan fingerprint density at radius 3 is 2.45 bits per heavy atom. The molecule has 0 aromatic carbocycles. The van der Waals surface area contributed by atoms with Crippen LogP contribution >= 0.6 is 11.8 Å². The van der Waals surface area contributed by atoms with E-state index in [1.807, 2.05) is 6.26 Å². The van der Waals surface area contributed by atoms with Gasteiger partial charge in [-0.1, -0.05) is 27.2 Å². The topological polar surface area (TPSA) is 55.1 Å². The zero-order chi connectivity index (χ0) is 15.2. The maximum atomic E-state index is 12.0. The number of amides is 1. The van der Waals surface area contributed by atoms with Crippen molar-refractivity contribution in [2.45, 2.75) is 71.4 Å². The summed E-state index contributed by atoms with van der Waals surface area (Å²) in [5, 5.41) is 3.14. The molecule has 0 heterocycles. The van der Waals surface area contributed by atoms with E-state index in [1.54, 1.807) is 11.8 Å². The molecule has 20 heavy (non-hydrogen) atoms. The van der Waals surface area contributed by atoms with Crippen LogP contribution in [0.4, 0.5) is 0 Å². The molecule has 3 N–H and O–H groups in total. The fourth-order valence-corrected chi connectivity index (χ4v) is 3.48. The monoisotopic (exact) mass is 300 g/mol. The average Bonchev–Trinajstić information content (AvgIpc) is 2.45. The minimum absolute atomic E-state index is 0.0391. The van der Waals surface area contributed by atoms with Gasteiger partial charge in [-0.3, -0.25) is 4.79 Å². The normalized spacial score (nSPS) is 25.2. The minimum atomic E-state index is -0.341. The van der Waals surface area contributed by atoms with Crippen molar-refractivity contribution < 1.29 is 4.79 Å². The standard InChI is InChI=1S/C16H32N2OS/c1-5-16(2,3)12-6-8-13(9-7-12)18-15(19)14(17)10-11-20-4/h12-14H,5-11,17H2,1-4H3,(H,18,19)/t12?,13?,14-/m1/s1. The Bertz CT molecular complexity index is 299. The molecule has 1 atom stereocenters. The summed E-state index contributed by atoms with van der Waals surface area (Å²) in [7, 11) is 0. The van der Waals surface area contributed by atoms with Crippen LogP contribution in [0.25, 0.3) is 0 Å². The molecule has 1 aliphatic rings. The third-order valence-electron chi connectivity index (χ3n) is 5.06. The first-order valence-corrected chi connectivity index (χ1v) is 9.35. The lowest BCUT2D eigenvalue weighted by Gasteiger charge is -2.39. The molecule has 1 fully saturated rings. The predicted octanol–water partition coefficient (Wildman–Crippen LogP) is 3.18. The summed E-state index contributed by atoms with van der Waals surface area (Å²) in [6, 6.07) is -0.000933. The molecule has 1 amide bonds. The molecule has 4 heteroatoms. The average molecular weight is 301 g/mol. The molecule has 0 aromatic rings. The molecule has 1 rings (SSSR count). The van der Waals surface area contributed by atoms with Gasteiger partial charge in [-0.25, -0.2) is 0 Å². The number of nitrogens with two attached hydrogens (primary N) is 1. The van der Waals surface area contributed by atoms with Gasteiger partial charge in [0.2, 0.25) is 5.91 Å². The largest absolute Gasteiger partial charge is 0.352 e. The molecule has 1 aliphatic carbocycles. The fourth-order valence-electron chi connectivity index (χ4n) is 2.99. The van der Waals surface area contributed by atoms with Crippen LogP contribution < -0.4 is 11.1 Å². The molecule has 0 unspecified atom stereocenters. The SMILES string of the molecule is CCC(C)(C)C1CCC(NC(=O)[C@H](N)CCSC)CC1. The molecule has 0 radical (unpaired) electrons. The minimum Gasteiger partial charge on any atom is -0.352 e. The van der Waals surface area contributed by atoms with E-state index in [0.29, 0.717) is 11.5 Å². The van der Waals surface area contributed by atoms with Crippen molar-refractivity contribution in [3.8, 4) is 0 Å². The number of nitrogens with one attached hydrogen (secondary N) is 1. The first-order valence-electron chi connectivity index (χ1n) is 7.95. The van der Waals surface area contributed by atoms with Crippen molar-refractivity contribution in [1.82, 2.24) is 5.32 Å². The molecule has 0 aromatic heterocycles. The highest BCUT2D eigenvalue weighted by atomic mass is 32.2. The van der Waals surface area contributed by atoms with Gasteiger partial charge in [0.1, 0.15) is 0 Å². The number of thioether (sulfide) groups is 1. The second-order valence-electron chi connectivity index (χ2n) is 6.79. The van der Waals surface area contributed by atoms with Crippen LogP contribution in [-0.2, 0) is 4.79 Å². The second-order valence-corrected chi connectivity index (χ2v) is 7.77. The lowest BCUT2D eigenvalue weighted by molar-refractivity contribution is -0.123. The summed E-state index contributed by atoms with van der Waals surface area (Å²) in [6.07, 6.45) is 8.71. The maximum Gasteiger partial charge on any atom is 0.237 e. The van der Waals surface area contributed by atoms with E-state index < -0.39 is 0 Å². The van der Waals surface area contributed by atoms with Crippen molar-refractivity contribution in [3.05, 3.63) is 0 Å². The predicted molar refractivity (Wildman–Crippen MR) is 88.9 cm³/mol. The smallest absolute Gasteiger partial charge is 0.237 e. The van der Waals surface area contributed by atoms with Crippen molar-refractivity contribution in [2.24, 2.45) is 17.1 Å². The van der Waals surface area contributed by atoms with E-state index in [4.69, 9.17) is 5.73 Å². The van der Waals surface area contributed by atoms with Gasteiger partial charge in [-0.15, -0.1) is 0 Å². The van der Waals surface area contributed by atoms with Gasteiger partial charge in [0.05, 0.1) is 6.04 Å². The molecule has 0 bridgehead atoms. The first kappa shape index (κ1) is 17.8. The number of carbonyl (C=O) groups excluding carboxylic acids is 1. The van der Waals surface area contributed by atoms with Crippen LogP contribution in [0.2, 0.25) is 0 Å². The van der Waals surface area contributed by atoms with Crippen LogP contribution in [-0.4, -0.2) is 30.0 Å². The summed E-state index contributed by atoms with van der Waals surface area (Å²) in [5.41, 5.74) is 6.35. The number of hydrogen-bond acceptors (Lipinski definition) is 3. The first-order chi connectivity index (χ1) is 9.40. The van der Waals surface area contributed by atoms with E-state index in [1.165, 1.54) is 19.3 Å². The van der Waals surface area contributed by atoms with Gasteiger partial charge in [-0.2, -0.15) is 11.8 Å². The van der Waals surface area contributed by atoms with Crippen LogP contribution in [0.3, 0.4) is 0 Å². The van der Waals surface area contributed by atoms with Crippen molar-refractivity contribution in [3.63, 3.8) is 0 Å². The van der Waals surface area contributed by atoms with Crippen LogP contribution in [0.5, 0.6) is 0 Å². The van der Waals surface area contributed by atoms with Gasteiger partial charge in [0, 0.05) is 6.04 Å². The van der Waals surface area contributed by atoms with Gasteiger partial charge in [-0.05, 0) is 55.4 Å². The Hall–Kier alpha value is -0.220. The Labute approximate surface area is 128 Å². The number of carbonyl (C=O) groups is 1. The highest BCUT2D eigenvalue weighted by Crippen LogP contribution is 2.40. The molecule has 118 valence electrons. The van der Waals surface area contributed by atoms with E-state index >= 15 is 0 Å². The van der Waals surface area contributed by atoms with Gasteiger partial charge < -0.3 is 11.1 Å².